The molecule has 88 valence electrons. The summed E-state index contributed by atoms with van der Waals surface area (Å²) in [6.45, 7) is 3.13. The molecule has 0 spiro atoms. The predicted octanol–water partition coefficient (Wildman–Crippen LogP) is 3.20. The summed E-state index contributed by atoms with van der Waals surface area (Å²) in [5.74, 6) is 1.13. The van der Waals surface area contributed by atoms with E-state index in [9.17, 15) is 4.39 Å². The highest BCUT2D eigenvalue weighted by atomic mass is 32.2. The Balaban J connectivity index is 1.84. The fourth-order valence-electron chi connectivity index (χ4n) is 2.04. The molecule has 0 aromatic heterocycles. The van der Waals surface area contributed by atoms with Crippen LogP contribution in [0.3, 0.4) is 0 Å². The quantitative estimate of drug-likeness (QED) is 0.869. The van der Waals surface area contributed by atoms with Gasteiger partial charge in [0.2, 0.25) is 0 Å². The number of rotatable bonds is 3. The molecule has 0 aliphatic carbocycles. The van der Waals surface area contributed by atoms with E-state index in [4.69, 9.17) is 0 Å². The lowest BCUT2D eigenvalue weighted by Gasteiger charge is -2.29. The maximum atomic E-state index is 12.7. The monoisotopic (exact) mass is 239 g/mol. The van der Waals surface area contributed by atoms with Crippen molar-refractivity contribution in [2.24, 2.45) is 0 Å². The first-order chi connectivity index (χ1) is 7.75. The third kappa shape index (κ3) is 3.22. The Hall–Kier alpha value is -0.540. The van der Waals surface area contributed by atoms with E-state index in [-0.39, 0.29) is 5.82 Å². The van der Waals surface area contributed by atoms with E-state index in [1.54, 1.807) is 0 Å². The zero-order valence-corrected chi connectivity index (χ0v) is 10.4. The fourth-order valence-corrected chi connectivity index (χ4v) is 3.21. The summed E-state index contributed by atoms with van der Waals surface area (Å²) in [4.78, 5) is 0. The van der Waals surface area contributed by atoms with Gasteiger partial charge in [0, 0.05) is 17.8 Å². The molecule has 0 amide bonds. The van der Waals surface area contributed by atoms with Gasteiger partial charge < -0.3 is 5.32 Å². The van der Waals surface area contributed by atoms with Gasteiger partial charge in [0.25, 0.3) is 0 Å². The van der Waals surface area contributed by atoms with Gasteiger partial charge in [0.05, 0.1) is 0 Å². The second-order valence-electron chi connectivity index (χ2n) is 4.33. The molecule has 0 radical (unpaired) electrons. The Kier molecular flexibility index (Phi) is 4.24. The molecule has 2 atom stereocenters. The normalized spacial score (nSPS) is 25.6. The van der Waals surface area contributed by atoms with Crippen LogP contribution in [0.2, 0.25) is 0 Å². The molecule has 16 heavy (non-hydrogen) atoms. The largest absolute Gasteiger partial charge is 0.309 e. The number of benzene rings is 1. The van der Waals surface area contributed by atoms with Crippen LogP contribution in [0.5, 0.6) is 0 Å². The molecule has 1 fully saturated rings. The van der Waals surface area contributed by atoms with Gasteiger partial charge in [0.15, 0.2) is 0 Å². The van der Waals surface area contributed by atoms with Crippen LogP contribution in [0.4, 0.5) is 4.39 Å². The Labute approximate surface area is 101 Å². The number of hydrogen-bond acceptors (Lipinski definition) is 2. The summed E-state index contributed by atoms with van der Waals surface area (Å²) in [5.41, 5.74) is 1.16. The number of hydrogen-bond donors (Lipinski definition) is 1. The van der Waals surface area contributed by atoms with Crippen LogP contribution in [0.15, 0.2) is 24.3 Å². The van der Waals surface area contributed by atoms with E-state index in [0.717, 1.165) is 12.1 Å². The standard InChI is InChI=1S/C13H18FNS/c1-10-13(3-2-8-16-10)15-9-11-4-6-12(14)7-5-11/h4-7,10,13,15H,2-3,8-9H2,1H3. The van der Waals surface area contributed by atoms with E-state index in [2.05, 4.69) is 12.2 Å². The van der Waals surface area contributed by atoms with E-state index in [1.165, 1.54) is 30.7 Å². The topological polar surface area (TPSA) is 12.0 Å². The van der Waals surface area contributed by atoms with Crippen LogP contribution in [0.1, 0.15) is 25.3 Å². The summed E-state index contributed by atoms with van der Waals surface area (Å²) in [5, 5.41) is 4.25. The van der Waals surface area contributed by atoms with Crippen molar-refractivity contribution in [3.05, 3.63) is 35.6 Å². The van der Waals surface area contributed by atoms with Crippen molar-refractivity contribution in [1.82, 2.24) is 5.32 Å². The Morgan fingerprint density at radius 3 is 2.81 bits per heavy atom. The molecule has 1 saturated heterocycles. The lowest BCUT2D eigenvalue weighted by atomic mass is 10.1. The van der Waals surface area contributed by atoms with Crippen LogP contribution in [0, 0.1) is 5.82 Å². The van der Waals surface area contributed by atoms with Gasteiger partial charge >= 0.3 is 0 Å². The summed E-state index contributed by atoms with van der Waals surface area (Å²) < 4.78 is 12.7. The minimum absolute atomic E-state index is 0.162. The average Bonchev–Trinajstić information content (AvgIpc) is 2.30. The summed E-state index contributed by atoms with van der Waals surface area (Å²) >= 11 is 2.04. The van der Waals surface area contributed by atoms with Crippen molar-refractivity contribution in [1.29, 1.82) is 0 Å². The van der Waals surface area contributed by atoms with Crippen LogP contribution in [-0.4, -0.2) is 17.0 Å². The number of nitrogens with one attached hydrogen (secondary N) is 1. The van der Waals surface area contributed by atoms with Crippen molar-refractivity contribution in [2.45, 2.75) is 37.6 Å². The lowest BCUT2D eigenvalue weighted by Crippen LogP contribution is -2.38. The van der Waals surface area contributed by atoms with Gasteiger partial charge in [-0.25, -0.2) is 4.39 Å². The molecule has 2 unspecified atom stereocenters. The molecule has 1 aliphatic heterocycles. The average molecular weight is 239 g/mol. The van der Waals surface area contributed by atoms with Gasteiger partial charge in [-0.2, -0.15) is 11.8 Å². The Morgan fingerprint density at radius 1 is 1.38 bits per heavy atom. The van der Waals surface area contributed by atoms with Crippen molar-refractivity contribution in [3.63, 3.8) is 0 Å². The van der Waals surface area contributed by atoms with Gasteiger partial charge in [-0.15, -0.1) is 0 Å². The molecule has 1 heterocycles. The number of halogens is 1. The molecular weight excluding hydrogens is 221 g/mol. The van der Waals surface area contributed by atoms with E-state index < -0.39 is 0 Å². The zero-order valence-electron chi connectivity index (χ0n) is 9.58. The number of thioether (sulfide) groups is 1. The Bertz CT molecular complexity index is 325. The van der Waals surface area contributed by atoms with Crippen molar-refractivity contribution in [2.75, 3.05) is 5.75 Å². The molecular formula is C13H18FNS. The van der Waals surface area contributed by atoms with Crippen molar-refractivity contribution >= 4 is 11.8 Å². The highest BCUT2D eigenvalue weighted by molar-refractivity contribution is 7.99. The van der Waals surface area contributed by atoms with Gasteiger partial charge in [0.1, 0.15) is 5.82 Å². The maximum absolute atomic E-state index is 12.7. The Morgan fingerprint density at radius 2 is 2.12 bits per heavy atom. The first-order valence-corrected chi connectivity index (χ1v) is 6.90. The van der Waals surface area contributed by atoms with Crippen molar-refractivity contribution in [3.8, 4) is 0 Å². The third-order valence-electron chi connectivity index (χ3n) is 3.09. The fraction of sp³-hybridized carbons (Fsp3) is 0.538. The molecule has 2 rings (SSSR count). The van der Waals surface area contributed by atoms with Crippen molar-refractivity contribution < 1.29 is 4.39 Å². The minimum Gasteiger partial charge on any atom is -0.309 e. The zero-order chi connectivity index (χ0) is 11.4. The van der Waals surface area contributed by atoms with E-state index in [1.807, 2.05) is 23.9 Å². The molecule has 0 bridgehead atoms. The van der Waals surface area contributed by atoms with Crippen LogP contribution < -0.4 is 5.32 Å². The van der Waals surface area contributed by atoms with Crippen LogP contribution in [-0.2, 0) is 6.54 Å². The second-order valence-corrected chi connectivity index (χ2v) is 5.82. The molecule has 1 aromatic rings. The smallest absolute Gasteiger partial charge is 0.123 e. The maximum Gasteiger partial charge on any atom is 0.123 e. The highest BCUT2D eigenvalue weighted by Crippen LogP contribution is 2.25. The molecule has 1 aliphatic rings. The summed E-state index contributed by atoms with van der Waals surface area (Å²) in [7, 11) is 0. The SMILES string of the molecule is CC1SCCCC1NCc1ccc(F)cc1. The van der Waals surface area contributed by atoms with Gasteiger partial charge in [-0.1, -0.05) is 19.1 Å². The van der Waals surface area contributed by atoms with E-state index >= 15 is 0 Å². The molecule has 1 nitrogen and oxygen atoms in total. The first kappa shape index (κ1) is 11.9. The molecule has 0 saturated carbocycles. The molecule has 1 N–H and O–H groups in total. The van der Waals surface area contributed by atoms with Crippen LogP contribution in [0.25, 0.3) is 0 Å². The predicted molar refractivity (Wildman–Crippen MR) is 68.2 cm³/mol. The summed E-state index contributed by atoms with van der Waals surface area (Å²) in [6, 6.07) is 7.35. The first-order valence-electron chi connectivity index (χ1n) is 5.85. The van der Waals surface area contributed by atoms with Gasteiger partial charge in [-0.05, 0) is 36.3 Å². The third-order valence-corrected chi connectivity index (χ3v) is 4.47. The summed E-state index contributed by atoms with van der Waals surface area (Å²) in [6.07, 6.45) is 2.56. The minimum atomic E-state index is -0.162. The molecule has 1 aromatic carbocycles. The highest BCUT2D eigenvalue weighted by Gasteiger charge is 2.20. The van der Waals surface area contributed by atoms with E-state index in [0.29, 0.717) is 11.3 Å². The van der Waals surface area contributed by atoms with Gasteiger partial charge in [-0.3, -0.25) is 0 Å². The molecule has 3 heteroatoms. The second kappa shape index (κ2) is 5.69. The van der Waals surface area contributed by atoms with Crippen LogP contribution >= 0.6 is 11.8 Å². The lowest BCUT2D eigenvalue weighted by molar-refractivity contribution is 0.462.